The van der Waals surface area contributed by atoms with E-state index in [0.29, 0.717) is 28.4 Å². The van der Waals surface area contributed by atoms with Crippen molar-refractivity contribution in [3.05, 3.63) is 34.0 Å². The first-order valence-corrected chi connectivity index (χ1v) is 7.19. The third kappa shape index (κ3) is 2.55. The lowest BCUT2D eigenvalue weighted by Gasteiger charge is -2.20. The van der Waals surface area contributed by atoms with E-state index in [2.05, 4.69) is 10.6 Å². The summed E-state index contributed by atoms with van der Waals surface area (Å²) >= 11 is 1.46. The largest absolute Gasteiger partial charge is 0.482 e. The van der Waals surface area contributed by atoms with Crippen LogP contribution in [0.25, 0.3) is 0 Å². The summed E-state index contributed by atoms with van der Waals surface area (Å²) < 4.78 is 5.26. The molecule has 0 saturated carbocycles. The van der Waals surface area contributed by atoms with Gasteiger partial charge >= 0.3 is 0 Å². The number of carbonyl (C=O) groups is 2. The molecule has 108 valence electrons. The number of rotatable bonds is 2. The number of hydrogen-bond donors (Lipinski definition) is 3. The number of fused-ring (bicyclic) bond motifs is 1. The fourth-order valence-corrected chi connectivity index (χ4v) is 2.86. The molecule has 1 aromatic heterocycles. The first-order chi connectivity index (χ1) is 10.0. The first kappa shape index (κ1) is 13.4. The average molecular weight is 303 g/mol. The van der Waals surface area contributed by atoms with E-state index in [4.69, 9.17) is 10.5 Å². The topological polar surface area (TPSA) is 93.5 Å². The van der Waals surface area contributed by atoms with E-state index in [1.54, 1.807) is 17.5 Å². The number of thiophene rings is 1. The molecule has 0 bridgehead atoms. The molecule has 0 atom stereocenters. The van der Waals surface area contributed by atoms with Gasteiger partial charge in [0.15, 0.2) is 6.61 Å². The molecule has 1 aliphatic rings. The lowest BCUT2D eigenvalue weighted by atomic mass is 10.1. The summed E-state index contributed by atoms with van der Waals surface area (Å²) in [5.41, 5.74) is 8.75. The van der Waals surface area contributed by atoms with Gasteiger partial charge in [0.1, 0.15) is 5.75 Å². The summed E-state index contributed by atoms with van der Waals surface area (Å²) in [5, 5.41) is 9.12. The van der Waals surface area contributed by atoms with Crippen molar-refractivity contribution in [3.8, 4) is 5.75 Å². The van der Waals surface area contributed by atoms with Crippen LogP contribution in [-0.4, -0.2) is 18.4 Å². The summed E-state index contributed by atoms with van der Waals surface area (Å²) in [6.45, 7) is 1.84. The molecule has 7 heteroatoms. The molecule has 0 fully saturated rings. The number of ether oxygens (including phenoxy) is 1. The number of nitrogens with one attached hydrogen (secondary N) is 2. The fraction of sp³-hybridized carbons (Fsp3) is 0.143. The van der Waals surface area contributed by atoms with Crippen LogP contribution in [0.3, 0.4) is 0 Å². The van der Waals surface area contributed by atoms with Crippen molar-refractivity contribution in [3.63, 3.8) is 0 Å². The average Bonchev–Trinajstić information content (AvgIpc) is 2.86. The van der Waals surface area contributed by atoms with Gasteiger partial charge in [-0.15, -0.1) is 0 Å². The second kappa shape index (κ2) is 5.10. The lowest BCUT2D eigenvalue weighted by molar-refractivity contribution is -0.118. The molecule has 0 radical (unpaired) electrons. The number of anilines is 3. The lowest BCUT2D eigenvalue weighted by Crippen LogP contribution is -2.25. The predicted octanol–water partition coefficient (Wildman–Crippen LogP) is 2.22. The summed E-state index contributed by atoms with van der Waals surface area (Å²) in [4.78, 5) is 23.5. The molecule has 0 saturated heterocycles. The third-order valence-electron chi connectivity index (χ3n) is 3.13. The Balaban J connectivity index is 1.89. The van der Waals surface area contributed by atoms with Crippen molar-refractivity contribution >= 4 is 40.2 Å². The standard InChI is InChI=1S/C14H13N3O3S/c1-7-5-21-6-8(7)14(19)17-10-3-11-12(2-9(10)15)20-4-13(18)16-11/h2-3,5-6H,4,15H2,1H3,(H,16,18)(H,17,19). The molecular weight excluding hydrogens is 290 g/mol. The van der Waals surface area contributed by atoms with Crippen LogP contribution < -0.4 is 21.1 Å². The van der Waals surface area contributed by atoms with Gasteiger partial charge in [0.25, 0.3) is 11.8 Å². The first-order valence-electron chi connectivity index (χ1n) is 6.25. The van der Waals surface area contributed by atoms with E-state index in [0.717, 1.165) is 5.56 Å². The molecule has 1 aliphatic heterocycles. The molecule has 2 aromatic rings. The third-order valence-corrected chi connectivity index (χ3v) is 3.99. The molecule has 2 amide bonds. The van der Waals surface area contributed by atoms with Gasteiger partial charge in [-0.3, -0.25) is 9.59 Å². The van der Waals surface area contributed by atoms with Gasteiger partial charge in [0.2, 0.25) is 0 Å². The van der Waals surface area contributed by atoms with Crippen LogP contribution in [0.2, 0.25) is 0 Å². The normalized spacial score (nSPS) is 13.1. The molecule has 4 N–H and O–H groups in total. The van der Waals surface area contributed by atoms with Crippen molar-refractivity contribution < 1.29 is 14.3 Å². The van der Waals surface area contributed by atoms with Crippen LogP contribution in [-0.2, 0) is 4.79 Å². The molecular formula is C14H13N3O3S. The highest BCUT2D eigenvalue weighted by Gasteiger charge is 2.19. The van der Waals surface area contributed by atoms with Crippen LogP contribution in [0.1, 0.15) is 15.9 Å². The van der Waals surface area contributed by atoms with Crippen molar-refractivity contribution in [2.45, 2.75) is 6.92 Å². The summed E-state index contributed by atoms with van der Waals surface area (Å²) in [7, 11) is 0. The predicted molar refractivity (Wildman–Crippen MR) is 82.0 cm³/mol. The van der Waals surface area contributed by atoms with E-state index in [1.807, 2.05) is 12.3 Å². The van der Waals surface area contributed by atoms with Gasteiger partial charge < -0.3 is 21.1 Å². The van der Waals surface area contributed by atoms with Crippen LogP contribution in [0.5, 0.6) is 5.75 Å². The number of benzene rings is 1. The van der Waals surface area contributed by atoms with E-state index >= 15 is 0 Å². The van der Waals surface area contributed by atoms with Crippen LogP contribution in [0.4, 0.5) is 17.1 Å². The number of hydrogen-bond acceptors (Lipinski definition) is 5. The molecule has 2 heterocycles. The van der Waals surface area contributed by atoms with Crippen LogP contribution >= 0.6 is 11.3 Å². The van der Waals surface area contributed by atoms with Gasteiger partial charge in [0.05, 0.1) is 22.6 Å². The maximum atomic E-state index is 12.2. The monoisotopic (exact) mass is 303 g/mol. The maximum absolute atomic E-state index is 12.2. The van der Waals surface area contributed by atoms with Crippen molar-refractivity contribution in [1.29, 1.82) is 0 Å². The number of nitrogens with two attached hydrogens (primary N) is 1. The molecule has 1 aromatic carbocycles. The minimum Gasteiger partial charge on any atom is -0.482 e. The summed E-state index contributed by atoms with van der Waals surface area (Å²) in [6.07, 6.45) is 0. The second-order valence-electron chi connectivity index (χ2n) is 4.70. The Labute approximate surface area is 124 Å². The Kier molecular flexibility index (Phi) is 3.26. The zero-order chi connectivity index (χ0) is 15.0. The highest BCUT2D eigenvalue weighted by atomic mass is 32.1. The molecule has 0 aliphatic carbocycles. The Bertz CT molecular complexity index is 739. The fourth-order valence-electron chi connectivity index (χ4n) is 2.03. The SMILES string of the molecule is Cc1cscc1C(=O)Nc1cc2c(cc1N)OCC(=O)N2. The number of aryl methyl sites for hydroxylation is 1. The highest BCUT2D eigenvalue weighted by molar-refractivity contribution is 7.08. The van der Waals surface area contributed by atoms with Gasteiger partial charge in [-0.05, 0) is 23.9 Å². The quantitative estimate of drug-likeness (QED) is 0.742. The zero-order valence-electron chi connectivity index (χ0n) is 11.2. The van der Waals surface area contributed by atoms with E-state index in [1.165, 1.54) is 11.3 Å². The van der Waals surface area contributed by atoms with Gasteiger partial charge in [-0.2, -0.15) is 11.3 Å². The smallest absolute Gasteiger partial charge is 0.262 e. The number of carbonyl (C=O) groups excluding carboxylic acids is 2. The van der Waals surface area contributed by atoms with E-state index < -0.39 is 0 Å². The van der Waals surface area contributed by atoms with Crippen molar-refractivity contribution in [2.24, 2.45) is 0 Å². The van der Waals surface area contributed by atoms with E-state index in [9.17, 15) is 9.59 Å². The molecule has 6 nitrogen and oxygen atoms in total. The van der Waals surface area contributed by atoms with Gasteiger partial charge in [-0.25, -0.2) is 0 Å². The van der Waals surface area contributed by atoms with Gasteiger partial charge in [0, 0.05) is 11.4 Å². The van der Waals surface area contributed by atoms with Crippen molar-refractivity contribution in [1.82, 2.24) is 0 Å². The molecule has 0 spiro atoms. The Hall–Kier alpha value is -2.54. The Morgan fingerprint density at radius 2 is 2.24 bits per heavy atom. The maximum Gasteiger partial charge on any atom is 0.262 e. The highest BCUT2D eigenvalue weighted by Crippen LogP contribution is 2.35. The number of amides is 2. The van der Waals surface area contributed by atoms with Crippen LogP contribution in [0.15, 0.2) is 22.9 Å². The minimum absolute atomic E-state index is 0.0355. The molecule has 3 rings (SSSR count). The number of nitrogen functional groups attached to an aromatic ring is 1. The van der Waals surface area contributed by atoms with Gasteiger partial charge in [-0.1, -0.05) is 0 Å². The summed E-state index contributed by atoms with van der Waals surface area (Å²) in [5.74, 6) is 0.0264. The molecule has 0 unspecified atom stereocenters. The van der Waals surface area contributed by atoms with E-state index in [-0.39, 0.29) is 18.4 Å². The van der Waals surface area contributed by atoms with Crippen LogP contribution in [0, 0.1) is 6.92 Å². The Morgan fingerprint density at radius 3 is 2.95 bits per heavy atom. The zero-order valence-corrected chi connectivity index (χ0v) is 12.0. The second-order valence-corrected chi connectivity index (χ2v) is 5.44. The minimum atomic E-state index is -0.238. The Morgan fingerprint density at radius 1 is 1.43 bits per heavy atom. The van der Waals surface area contributed by atoms with Crippen molar-refractivity contribution in [2.75, 3.05) is 23.0 Å². The summed E-state index contributed by atoms with van der Waals surface area (Å²) in [6, 6.07) is 3.19. The molecule has 21 heavy (non-hydrogen) atoms.